The molecule has 0 aliphatic carbocycles. The van der Waals surface area contributed by atoms with Crippen molar-refractivity contribution in [2.24, 2.45) is 0 Å². The van der Waals surface area contributed by atoms with Crippen molar-refractivity contribution < 1.29 is 19.1 Å². The predicted octanol–water partition coefficient (Wildman–Crippen LogP) is 4.22. The Kier molecular flexibility index (Phi) is 3.89. The van der Waals surface area contributed by atoms with Crippen molar-refractivity contribution in [3.8, 4) is 5.75 Å². The maximum absolute atomic E-state index is 12.1. The van der Waals surface area contributed by atoms with Crippen LogP contribution in [0.3, 0.4) is 0 Å². The number of carbonyl (C=O) groups is 1. The maximum atomic E-state index is 12.1. The van der Waals surface area contributed by atoms with Crippen LogP contribution in [0, 0.1) is 0 Å². The van der Waals surface area contributed by atoms with Crippen LogP contribution in [0.5, 0.6) is 5.75 Å². The van der Waals surface area contributed by atoms with Crippen molar-refractivity contribution in [3.63, 3.8) is 0 Å². The number of hydrogen-bond donors (Lipinski definition) is 1. The van der Waals surface area contributed by atoms with Gasteiger partial charge in [0.2, 0.25) is 0 Å². The normalized spacial score (nSPS) is 10.9. The number of carboxylic acid groups (broad SMARTS) is 1. The first kappa shape index (κ1) is 15.9. The van der Waals surface area contributed by atoms with Gasteiger partial charge in [-0.05, 0) is 41.3 Å². The zero-order chi connectivity index (χ0) is 18.1. The van der Waals surface area contributed by atoms with Crippen molar-refractivity contribution in [2.75, 3.05) is 0 Å². The Morgan fingerprint density at radius 2 is 1.65 bits per heavy atom. The fourth-order valence-electron chi connectivity index (χ4n) is 2.86. The first-order valence-corrected chi connectivity index (χ1v) is 8.02. The van der Waals surface area contributed by atoms with Gasteiger partial charge >= 0.3 is 11.6 Å². The molecule has 0 radical (unpaired) electrons. The molecule has 0 spiro atoms. The Balaban J connectivity index is 1.62. The lowest BCUT2D eigenvalue weighted by Crippen LogP contribution is -2.00. The fraction of sp³-hybridized carbons (Fsp3) is 0.0476. The maximum Gasteiger partial charge on any atom is 0.344 e. The van der Waals surface area contributed by atoms with Crippen LogP contribution in [-0.4, -0.2) is 11.1 Å². The Bertz CT molecular complexity index is 1170. The predicted molar refractivity (Wildman–Crippen MR) is 97.7 cm³/mol. The summed E-state index contributed by atoms with van der Waals surface area (Å²) in [5.74, 6) is -0.396. The van der Waals surface area contributed by atoms with Gasteiger partial charge in [0.25, 0.3) is 0 Å². The molecule has 0 unspecified atom stereocenters. The average Bonchev–Trinajstić information content (AvgIpc) is 2.67. The molecule has 1 aromatic heterocycles. The molecule has 3 aromatic carbocycles. The van der Waals surface area contributed by atoms with Gasteiger partial charge in [0.1, 0.15) is 17.9 Å². The quantitative estimate of drug-likeness (QED) is 0.442. The molecule has 0 fully saturated rings. The van der Waals surface area contributed by atoms with E-state index in [4.69, 9.17) is 14.3 Å². The summed E-state index contributed by atoms with van der Waals surface area (Å²) in [6, 6.07) is 19.2. The molecule has 1 N–H and O–H groups in total. The molecule has 4 rings (SSSR count). The third kappa shape index (κ3) is 2.91. The fourth-order valence-corrected chi connectivity index (χ4v) is 2.86. The van der Waals surface area contributed by atoms with E-state index in [0.717, 1.165) is 16.3 Å². The van der Waals surface area contributed by atoms with Gasteiger partial charge in [0.15, 0.2) is 0 Å². The molecule has 5 heteroatoms. The molecule has 1 heterocycles. The highest BCUT2D eigenvalue weighted by molar-refractivity contribution is 6.04. The monoisotopic (exact) mass is 346 g/mol. The summed E-state index contributed by atoms with van der Waals surface area (Å²) in [5, 5.41) is 11.2. The molecule has 0 bridgehead atoms. The van der Waals surface area contributed by atoms with Crippen LogP contribution < -0.4 is 10.4 Å². The van der Waals surface area contributed by atoms with Crippen LogP contribution in [0.25, 0.3) is 21.7 Å². The van der Waals surface area contributed by atoms with Crippen molar-refractivity contribution in [2.45, 2.75) is 6.61 Å². The van der Waals surface area contributed by atoms with E-state index in [1.807, 2.05) is 24.3 Å². The summed E-state index contributed by atoms with van der Waals surface area (Å²) in [7, 11) is 0. The Hall–Kier alpha value is -3.60. The summed E-state index contributed by atoms with van der Waals surface area (Å²) in [4.78, 5) is 23.0. The van der Waals surface area contributed by atoms with E-state index in [1.165, 1.54) is 12.1 Å². The van der Waals surface area contributed by atoms with Gasteiger partial charge in [-0.1, -0.05) is 30.3 Å². The largest absolute Gasteiger partial charge is 0.489 e. The van der Waals surface area contributed by atoms with E-state index >= 15 is 0 Å². The van der Waals surface area contributed by atoms with Gasteiger partial charge in [-0.15, -0.1) is 0 Å². The molecule has 0 aliphatic heterocycles. The molecule has 128 valence electrons. The minimum atomic E-state index is -0.964. The van der Waals surface area contributed by atoms with Gasteiger partial charge in [-0.2, -0.15) is 0 Å². The van der Waals surface area contributed by atoms with E-state index in [0.29, 0.717) is 16.7 Å². The molecule has 0 atom stereocenters. The molecule has 4 aromatic rings. The number of rotatable bonds is 4. The number of hydrogen-bond acceptors (Lipinski definition) is 4. The van der Waals surface area contributed by atoms with Crippen LogP contribution in [0.1, 0.15) is 15.9 Å². The zero-order valence-electron chi connectivity index (χ0n) is 13.6. The van der Waals surface area contributed by atoms with Crippen molar-refractivity contribution in [1.82, 2.24) is 0 Å². The summed E-state index contributed by atoms with van der Waals surface area (Å²) < 4.78 is 11.2. The summed E-state index contributed by atoms with van der Waals surface area (Å²) in [6.07, 6.45) is 0. The van der Waals surface area contributed by atoms with Crippen molar-refractivity contribution >= 4 is 27.7 Å². The van der Waals surface area contributed by atoms with Gasteiger partial charge in [-0.3, -0.25) is 0 Å². The third-order valence-electron chi connectivity index (χ3n) is 4.20. The minimum Gasteiger partial charge on any atom is -0.489 e. The summed E-state index contributed by atoms with van der Waals surface area (Å²) >= 11 is 0. The van der Waals surface area contributed by atoms with E-state index in [2.05, 4.69) is 0 Å². The molecule has 26 heavy (non-hydrogen) atoms. The molecule has 0 saturated carbocycles. The van der Waals surface area contributed by atoms with E-state index < -0.39 is 5.97 Å². The molecular weight excluding hydrogens is 332 g/mol. The summed E-state index contributed by atoms with van der Waals surface area (Å²) in [5.41, 5.74) is 1.16. The first-order valence-electron chi connectivity index (χ1n) is 8.02. The van der Waals surface area contributed by atoms with Crippen molar-refractivity contribution in [3.05, 3.63) is 88.3 Å². The lowest BCUT2D eigenvalue weighted by Gasteiger charge is -2.08. The highest BCUT2D eigenvalue weighted by Gasteiger charge is 2.08. The third-order valence-corrected chi connectivity index (χ3v) is 4.20. The lowest BCUT2D eigenvalue weighted by molar-refractivity contribution is 0.0697. The molecular formula is C21H14O5. The Morgan fingerprint density at radius 3 is 2.38 bits per heavy atom. The summed E-state index contributed by atoms with van der Waals surface area (Å²) in [6.45, 7) is 0.281. The van der Waals surface area contributed by atoms with Crippen LogP contribution in [0.4, 0.5) is 0 Å². The molecule has 0 saturated heterocycles. The number of fused-ring (bicyclic) bond motifs is 3. The second-order valence-electron chi connectivity index (χ2n) is 5.88. The Labute approximate surface area is 148 Å². The van der Waals surface area contributed by atoms with Crippen LogP contribution in [0.2, 0.25) is 0 Å². The average molecular weight is 346 g/mol. The van der Waals surface area contributed by atoms with Gasteiger partial charge < -0.3 is 14.3 Å². The number of aromatic carboxylic acids is 1. The molecule has 0 amide bonds. The standard InChI is InChI=1S/C21H14O5/c22-20(23)14-7-5-13(6-8-14)12-25-15-9-10-17-16-3-1-2-4-18(16)21(24)26-19(17)11-15/h1-11H,12H2,(H,22,23). The topological polar surface area (TPSA) is 76.7 Å². The first-order chi connectivity index (χ1) is 12.6. The highest BCUT2D eigenvalue weighted by atomic mass is 16.5. The lowest BCUT2D eigenvalue weighted by atomic mass is 10.1. The smallest absolute Gasteiger partial charge is 0.344 e. The number of carboxylic acids is 1. The zero-order valence-corrected chi connectivity index (χ0v) is 13.6. The second-order valence-corrected chi connectivity index (χ2v) is 5.88. The highest BCUT2D eigenvalue weighted by Crippen LogP contribution is 2.26. The van der Waals surface area contributed by atoms with Gasteiger partial charge in [-0.25, -0.2) is 9.59 Å². The van der Waals surface area contributed by atoms with Crippen molar-refractivity contribution in [1.29, 1.82) is 0 Å². The van der Waals surface area contributed by atoms with E-state index in [1.54, 1.807) is 30.3 Å². The molecule has 5 nitrogen and oxygen atoms in total. The van der Waals surface area contributed by atoms with Crippen LogP contribution in [0.15, 0.2) is 75.9 Å². The van der Waals surface area contributed by atoms with Gasteiger partial charge in [0, 0.05) is 11.5 Å². The SMILES string of the molecule is O=C(O)c1ccc(COc2ccc3c(c2)oc(=O)c2ccccc23)cc1. The van der Waals surface area contributed by atoms with Crippen LogP contribution in [-0.2, 0) is 6.61 Å². The number of ether oxygens (including phenoxy) is 1. The van der Waals surface area contributed by atoms with E-state index in [9.17, 15) is 9.59 Å². The molecule has 0 aliphatic rings. The van der Waals surface area contributed by atoms with Crippen LogP contribution >= 0.6 is 0 Å². The van der Waals surface area contributed by atoms with Gasteiger partial charge in [0.05, 0.1) is 10.9 Å². The Morgan fingerprint density at radius 1 is 0.923 bits per heavy atom. The number of benzene rings is 3. The second kappa shape index (κ2) is 6.37. The van der Waals surface area contributed by atoms with E-state index in [-0.39, 0.29) is 17.8 Å². The minimum absolute atomic E-state index is 0.230.